The van der Waals surface area contributed by atoms with Crippen molar-refractivity contribution >= 4 is 32.9 Å². The molecular weight excluding hydrogens is 436 g/mol. The Hall–Kier alpha value is -2.96. The van der Waals surface area contributed by atoms with Gasteiger partial charge >= 0.3 is 5.76 Å². The van der Waals surface area contributed by atoms with Gasteiger partial charge < -0.3 is 19.0 Å². The molecule has 2 aliphatic rings. The number of nitrogens with zero attached hydrogens (tertiary/aromatic N) is 5. The molecular formula is C20H24N6O5S. The molecule has 3 aromatic rings. The highest BCUT2D eigenvalue weighted by atomic mass is 32.2. The minimum absolute atomic E-state index is 0.122. The van der Waals surface area contributed by atoms with Crippen LogP contribution in [0.15, 0.2) is 38.4 Å². The number of benzene rings is 1. The number of sulfonamides is 1. The van der Waals surface area contributed by atoms with E-state index < -0.39 is 15.8 Å². The topological polar surface area (TPSA) is 125 Å². The molecule has 1 N–H and O–H groups in total. The lowest BCUT2D eigenvalue weighted by atomic mass is 10.3. The maximum atomic E-state index is 13.1. The van der Waals surface area contributed by atoms with Crippen molar-refractivity contribution in [2.24, 2.45) is 0 Å². The molecule has 0 bridgehead atoms. The van der Waals surface area contributed by atoms with Crippen molar-refractivity contribution in [3.63, 3.8) is 0 Å². The number of aromatic nitrogens is 3. The first-order chi connectivity index (χ1) is 15.4. The third-order valence-corrected chi connectivity index (χ3v) is 7.61. The van der Waals surface area contributed by atoms with Crippen LogP contribution in [0, 0.1) is 6.92 Å². The number of anilines is 2. The van der Waals surface area contributed by atoms with Gasteiger partial charge in [0.2, 0.25) is 16.0 Å². The molecule has 2 saturated heterocycles. The van der Waals surface area contributed by atoms with Gasteiger partial charge in [-0.05, 0) is 25.1 Å². The smallest absolute Gasteiger partial charge is 0.408 e. The van der Waals surface area contributed by atoms with Crippen molar-refractivity contribution in [3.05, 3.63) is 40.5 Å². The van der Waals surface area contributed by atoms with E-state index in [-0.39, 0.29) is 4.90 Å². The summed E-state index contributed by atoms with van der Waals surface area (Å²) in [7, 11) is -3.70. The molecule has 0 aliphatic carbocycles. The summed E-state index contributed by atoms with van der Waals surface area (Å²) in [6, 6.07) is 6.34. The molecule has 0 amide bonds. The molecule has 0 spiro atoms. The third-order valence-electron chi connectivity index (χ3n) is 5.71. The summed E-state index contributed by atoms with van der Waals surface area (Å²) >= 11 is 0. The fourth-order valence-corrected chi connectivity index (χ4v) is 5.45. The highest BCUT2D eigenvalue weighted by molar-refractivity contribution is 7.89. The summed E-state index contributed by atoms with van der Waals surface area (Å²) in [5.74, 6) is 0.868. The van der Waals surface area contributed by atoms with Crippen LogP contribution >= 0.6 is 0 Å². The van der Waals surface area contributed by atoms with E-state index in [1.54, 1.807) is 0 Å². The Balaban J connectivity index is 1.32. The predicted octanol–water partition coefficient (Wildman–Crippen LogP) is 0.567. The summed E-state index contributed by atoms with van der Waals surface area (Å²) in [5, 5.41) is 0. The predicted molar refractivity (Wildman–Crippen MR) is 118 cm³/mol. The molecule has 12 heteroatoms. The Bertz CT molecular complexity index is 1290. The van der Waals surface area contributed by atoms with E-state index in [1.165, 1.54) is 22.5 Å². The molecule has 0 atom stereocenters. The van der Waals surface area contributed by atoms with Gasteiger partial charge in [0.15, 0.2) is 5.58 Å². The second-order valence-corrected chi connectivity index (χ2v) is 9.77. The zero-order valence-corrected chi connectivity index (χ0v) is 18.5. The van der Waals surface area contributed by atoms with Crippen LogP contribution in [0.1, 0.15) is 5.69 Å². The number of rotatable bonds is 4. The monoisotopic (exact) mass is 460 g/mol. The first-order valence-electron chi connectivity index (χ1n) is 10.5. The van der Waals surface area contributed by atoms with Crippen LogP contribution in [0.3, 0.4) is 0 Å². The van der Waals surface area contributed by atoms with E-state index in [0.717, 1.165) is 24.6 Å². The number of aromatic amines is 1. The second-order valence-electron chi connectivity index (χ2n) is 7.83. The van der Waals surface area contributed by atoms with Crippen molar-refractivity contribution in [3.8, 4) is 0 Å². The summed E-state index contributed by atoms with van der Waals surface area (Å²) in [5.41, 5.74) is 1.55. The van der Waals surface area contributed by atoms with Gasteiger partial charge in [-0.15, -0.1) is 0 Å². The largest absolute Gasteiger partial charge is 0.417 e. The van der Waals surface area contributed by atoms with Crippen molar-refractivity contribution in [1.82, 2.24) is 19.3 Å². The highest BCUT2D eigenvalue weighted by Crippen LogP contribution is 2.24. The number of H-pyrrole nitrogens is 1. The van der Waals surface area contributed by atoms with E-state index in [4.69, 9.17) is 14.1 Å². The molecule has 1 aromatic carbocycles. The molecule has 0 saturated carbocycles. The van der Waals surface area contributed by atoms with Gasteiger partial charge in [-0.1, -0.05) is 0 Å². The van der Waals surface area contributed by atoms with Crippen molar-refractivity contribution in [1.29, 1.82) is 0 Å². The maximum absolute atomic E-state index is 13.1. The molecule has 5 rings (SSSR count). The zero-order valence-electron chi connectivity index (χ0n) is 17.7. The van der Waals surface area contributed by atoms with Crippen molar-refractivity contribution in [2.45, 2.75) is 11.8 Å². The second kappa shape index (κ2) is 8.19. The number of hydrogen-bond acceptors (Lipinski definition) is 9. The van der Waals surface area contributed by atoms with Gasteiger partial charge in [0, 0.05) is 51.0 Å². The van der Waals surface area contributed by atoms with Crippen LogP contribution in [-0.4, -0.2) is 80.2 Å². The Morgan fingerprint density at radius 3 is 2.47 bits per heavy atom. The minimum Gasteiger partial charge on any atom is -0.408 e. The first kappa shape index (κ1) is 20.9. The van der Waals surface area contributed by atoms with Crippen LogP contribution in [0.4, 0.5) is 11.8 Å². The summed E-state index contributed by atoms with van der Waals surface area (Å²) in [6.07, 6.45) is 0. The molecule has 2 fully saturated rings. The third kappa shape index (κ3) is 3.96. The lowest BCUT2D eigenvalue weighted by Gasteiger charge is -2.35. The van der Waals surface area contributed by atoms with Gasteiger partial charge in [0.25, 0.3) is 0 Å². The minimum atomic E-state index is -3.70. The fourth-order valence-electron chi connectivity index (χ4n) is 4.00. The Morgan fingerprint density at radius 1 is 0.969 bits per heavy atom. The standard InChI is InChI=1S/C20H24N6O5S/c1-14-12-18(24-8-10-30-11-9-24)23-19(21-14)25-4-6-26(7-5-25)32(28,29)15-2-3-17-16(13-15)22-20(27)31-17/h2-3,12-13H,4-11H2,1H3,(H,22,27). The van der Waals surface area contributed by atoms with Crippen LogP contribution in [0.5, 0.6) is 0 Å². The number of piperazine rings is 1. The van der Waals surface area contributed by atoms with Gasteiger partial charge in [-0.3, -0.25) is 4.98 Å². The molecule has 170 valence electrons. The van der Waals surface area contributed by atoms with Crippen LogP contribution < -0.4 is 15.6 Å². The molecule has 32 heavy (non-hydrogen) atoms. The van der Waals surface area contributed by atoms with Crippen LogP contribution in [0.2, 0.25) is 0 Å². The lowest BCUT2D eigenvalue weighted by Crippen LogP contribution is -2.49. The van der Waals surface area contributed by atoms with E-state index in [0.29, 0.717) is 56.4 Å². The quantitative estimate of drug-likeness (QED) is 0.595. The summed E-state index contributed by atoms with van der Waals surface area (Å²) in [6.45, 7) is 6.44. The van der Waals surface area contributed by atoms with E-state index in [9.17, 15) is 13.2 Å². The molecule has 0 radical (unpaired) electrons. The number of hydrogen-bond donors (Lipinski definition) is 1. The Labute approximate surface area is 184 Å². The SMILES string of the molecule is Cc1cc(N2CCOCC2)nc(N2CCN(S(=O)(=O)c3ccc4oc(=O)[nH]c4c3)CC2)n1. The van der Waals surface area contributed by atoms with E-state index >= 15 is 0 Å². The number of fused-ring (bicyclic) bond motifs is 1. The van der Waals surface area contributed by atoms with Gasteiger partial charge in [0.05, 0.1) is 23.6 Å². The Kier molecular flexibility index (Phi) is 5.35. The maximum Gasteiger partial charge on any atom is 0.417 e. The van der Waals surface area contributed by atoms with Gasteiger partial charge in [0.1, 0.15) is 5.82 Å². The average molecular weight is 461 g/mol. The number of nitrogens with one attached hydrogen (secondary N) is 1. The Morgan fingerprint density at radius 2 is 1.72 bits per heavy atom. The molecule has 2 aromatic heterocycles. The van der Waals surface area contributed by atoms with E-state index in [2.05, 4.69) is 14.9 Å². The van der Waals surface area contributed by atoms with Crippen LogP contribution in [0.25, 0.3) is 11.1 Å². The fraction of sp³-hybridized carbons (Fsp3) is 0.450. The molecule has 4 heterocycles. The molecule has 0 unspecified atom stereocenters. The summed E-state index contributed by atoms with van der Waals surface area (Å²) in [4.78, 5) is 27.5. The summed E-state index contributed by atoms with van der Waals surface area (Å²) < 4.78 is 38.1. The van der Waals surface area contributed by atoms with Gasteiger partial charge in [-0.2, -0.15) is 9.29 Å². The first-order valence-corrected chi connectivity index (χ1v) is 11.9. The van der Waals surface area contributed by atoms with Crippen molar-refractivity contribution in [2.75, 3.05) is 62.3 Å². The number of aryl methyl sites for hydroxylation is 1. The number of ether oxygens (including phenoxy) is 1. The van der Waals surface area contributed by atoms with E-state index in [1.807, 2.05) is 17.9 Å². The van der Waals surface area contributed by atoms with Gasteiger partial charge in [-0.25, -0.2) is 18.2 Å². The highest BCUT2D eigenvalue weighted by Gasteiger charge is 2.30. The number of oxazole rings is 1. The lowest BCUT2D eigenvalue weighted by molar-refractivity contribution is 0.122. The molecule has 2 aliphatic heterocycles. The average Bonchev–Trinajstić information content (AvgIpc) is 3.18. The number of morpholine rings is 1. The zero-order chi connectivity index (χ0) is 22.3. The molecule has 11 nitrogen and oxygen atoms in total. The van der Waals surface area contributed by atoms with Crippen LogP contribution in [-0.2, 0) is 14.8 Å². The van der Waals surface area contributed by atoms with Crippen molar-refractivity contribution < 1.29 is 17.6 Å². The normalized spacial score (nSPS) is 18.4.